The Morgan fingerprint density at radius 3 is 2.41 bits per heavy atom. The van der Waals surface area contributed by atoms with Crippen LogP contribution in [0.3, 0.4) is 0 Å². The lowest BCUT2D eigenvalue weighted by atomic mass is 9.95. The minimum absolute atomic E-state index is 0.0199. The van der Waals surface area contributed by atoms with Crippen molar-refractivity contribution in [1.82, 2.24) is 10.2 Å². The molecule has 0 bridgehead atoms. The fraction of sp³-hybridized carbons (Fsp3) is 0.481. The summed E-state index contributed by atoms with van der Waals surface area (Å²) in [7, 11) is 0. The van der Waals surface area contributed by atoms with E-state index in [2.05, 4.69) is 5.32 Å². The van der Waals surface area contributed by atoms with E-state index in [4.69, 9.17) is 4.74 Å². The van der Waals surface area contributed by atoms with Crippen LogP contribution >= 0.6 is 0 Å². The van der Waals surface area contributed by atoms with Gasteiger partial charge in [0.1, 0.15) is 11.8 Å². The van der Waals surface area contributed by atoms with Gasteiger partial charge in [-0.3, -0.25) is 9.59 Å². The Balaban J connectivity index is 1.59. The highest BCUT2D eigenvalue weighted by Gasteiger charge is 2.27. The van der Waals surface area contributed by atoms with E-state index in [-0.39, 0.29) is 17.9 Å². The summed E-state index contributed by atoms with van der Waals surface area (Å²) in [5.41, 5.74) is 2.20. The first-order valence-electron chi connectivity index (χ1n) is 11.9. The molecular formula is C27H36N2O3. The lowest BCUT2D eigenvalue weighted by Gasteiger charge is -2.31. The van der Waals surface area contributed by atoms with E-state index in [9.17, 15) is 9.59 Å². The molecule has 1 aliphatic rings. The molecule has 0 saturated heterocycles. The van der Waals surface area contributed by atoms with Crippen molar-refractivity contribution in [1.29, 1.82) is 0 Å². The van der Waals surface area contributed by atoms with Crippen molar-refractivity contribution < 1.29 is 14.3 Å². The molecule has 1 fully saturated rings. The number of carbonyl (C=O) groups excluding carboxylic acids is 2. The van der Waals surface area contributed by atoms with Crippen LogP contribution in [0.2, 0.25) is 0 Å². The average Bonchev–Trinajstić information content (AvgIpc) is 2.82. The van der Waals surface area contributed by atoms with Crippen molar-refractivity contribution in [3.63, 3.8) is 0 Å². The SMILES string of the molecule is Cc1ccc(CN(C(=O)CCCOc2ccccc2)[C@H](C)C(=O)NC2CCCCC2)cc1. The monoisotopic (exact) mass is 436 g/mol. The summed E-state index contributed by atoms with van der Waals surface area (Å²) < 4.78 is 5.73. The first-order chi connectivity index (χ1) is 15.5. The summed E-state index contributed by atoms with van der Waals surface area (Å²) in [6, 6.07) is 17.5. The number of hydrogen-bond acceptors (Lipinski definition) is 3. The Kier molecular flexibility index (Phi) is 9.14. The van der Waals surface area contributed by atoms with Crippen molar-refractivity contribution in [3.05, 3.63) is 65.7 Å². The molecule has 0 spiro atoms. The zero-order valence-corrected chi connectivity index (χ0v) is 19.4. The largest absolute Gasteiger partial charge is 0.494 e. The maximum atomic E-state index is 13.2. The van der Waals surface area contributed by atoms with Crippen molar-refractivity contribution in [2.24, 2.45) is 0 Å². The molecular weight excluding hydrogens is 400 g/mol. The van der Waals surface area contributed by atoms with Crippen molar-refractivity contribution in [3.8, 4) is 5.75 Å². The molecule has 5 nitrogen and oxygen atoms in total. The van der Waals surface area contributed by atoms with Gasteiger partial charge in [-0.05, 0) is 50.8 Å². The first-order valence-corrected chi connectivity index (χ1v) is 11.9. The van der Waals surface area contributed by atoms with Crippen LogP contribution in [0.25, 0.3) is 0 Å². The maximum Gasteiger partial charge on any atom is 0.242 e. The molecule has 2 amide bonds. The van der Waals surface area contributed by atoms with E-state index >= 15 is 0 Å². The molecule has 1 saturated carbocycles. The maximum absolute atomic E-state index is 13.2. The highest BCUT2D eigenvalue weighted by Crippen LogP contribution is 2.19. The van der Waals surface area contributed by atoms with E-state index < -0.39 is 6.04 Å². The van der Waals surface area contributed by atoms with Gasteiger partial charge in [0.2, 0.25) is 11.8 Å². The van der Waals surface area contributed by atoms with Gasteiger partial charge in [-0.1, -0.05) is 67.3 Å². The van der Waals surface area contributed by atoms with Crippen LogP contribution in [0.4, 0.5) is 0 Å². The number of rotatable bonds is 10. The van der Waals surface area contributed by atoms with Crippen LogP contribution < -0.4 is 10.1 Å². The third kappa shape index (κ3) is 7.40. The second kappa shape index (κ2) is 12.3. The predicted molar refractivity (Wildman–Crippen MR) is 127 cm³/mol. The van der Waals surface area contributed by atoms with Crippen molar-refractivity contribution >= 4 is 11.8 Å². The average molecular weight is 437 g/mol. The Morgan fingerprint density at radius 1 is 1.03 bits per heavy atom. The molecule has 0 unspecified atom stereocenters. The fourth-order valence-electron chi connectivity index (χ4n) is 4.12. The molecule has 3 rings (SSSR count). The molecule has 2 aromatic rings. The lowest BCUT2D eigenvalue weighted by molar-refractivity contribution is -0.141. The Labute approximate surface area is 192 Å². The summed E-state index contributed by atoms with van der Waals surface area (Å²) in [5.74, 6) is 0.725. The van der Waals surface area contributed by atoms with Gasteiger partial charge in [0.05, 0.1) is 6.61 Å². The molecule has 32 heavy (non-hydrogen) atoms. The number of amides is 2. The van der Waals surface area contributed by atoms with Crippen LogP contribution in [0.5, 0.6) is 5.75 Å². The summed E-state index contributed by atoms with van der Waals surface area (Å²) in [5, 5.41) is 3.18. The van der Waals surface area contributed by atoms with Crippen LogP contribution in [0, 0.1) is 6.92 Å². The van der Waals surface area contributed by atoms with Gasteiger partial charge in [-0.25, -0.2) is 0 Å². The van der Waals surface area contributed by atoms with Gasteiger partial charge in [0.15, 0.2) is 0 Å². The van der Waals surface area contributed by atoms with E-state index in [0.717, 1.165) is 37.0 Å². The number of aryl methyl sites for hydroxylation is 1. The highest BCUT2D eigenvalue weighted by molar-refractivity contribution is 5.87. The molecule has 1 aliphatic carbocycles. The van der Waals surface area contributed by atoms with E-state index in [1.165, 1.54) is 12.0 Å². The van der Waals surface area contributed by atoms with Crippen LogP contribution in [0.15, 0.2) is 54.6 Å². The number of nitrogens with one attached hydrogen (secondary N) is 1. The van der Waals surface area contributed by atoms with E-state index in [0.29, 0.717) is 26.0 Å². The first kappa shape index (κ1) is 23.8. The van der Waals surface area contributed by atoms with Gasteiger partial charge in [-0.15, -0.1) is 0 Å². The highest BCUT2D eigenvalue weighted by atomic mass is 16.5. The lowest BCUT2D eigenvalue weighted by Crippen LogP contribution is -2.50. The smallest absolute Gasteiger partial charge is 0.242 e. The molecule has 0 aromatic heterocycles. The summed E-state index contributed by atoms with van der Waals surface area (Å²) in [4.78, 5) is 27.9. The summed E-state index contributed by atoms with van der Waals surface area (Å²) in [6.45, 7) is 4.78. The molecule has 172 valence electrons. The number of ether oxygens (including phenoxy) is 1. The standard InChI is InChI=1S/C27H36N2O3/c1-21-15-17-23(18-16-21)20-29(22(2)27(31)28-24-10-5-3-6-11-24)26(30)14-9-19-32-25-12-7-4-8-13-25/h4,7-8,12-13,15-18,22,24H,3,5-6,9-11,14,19-20H2,1-2H3,(H,28,31)/t22-/m1/s1. The number of nitrogens with zero attached hydrogens (tertiary/aromatic N) is 1. The second-order valence-corrected chi connectivity index (χ2v) is 8.79. The predicted octanol–water partition coefficient (Wildman–Crippen LogP) is 5.02. The number of para-hydroxylation sites is 1. The second-order valence-electron chi connectivity index (χ2n) is 8.79. The Morgan fingerprint density at radius 2 is 1.72 bits per heavy atom. The molecule has 0 aliphatic heterocycles. The van der Waals surface area contributed by atoms with Crippen molar-refractivity contribution in [2.45, 2.75) is 77.4 Å². The van der Waals surface area contributed by atoms with Gasteiger partial charge in [-0.2, -0.15) is 0 Å². The Hall–Kier alpha value is -2.82. The van der Waals surface area contributed by atoms with Crippen LogP contribution in [-0.2, 0) is 16.1 Å². The third-order valence-electron chi connectivity index (χ3n) is 6.14. The number of benzene rings is 2. The number of carbonyl (C=O) groups is 2. The van der Waals surface area contributed by atoms with Crippen LogP contribution in [-0.4, -0.2) is 35.4 Å². The van der Waals surface area contributed by atoms with Gasteiger partial charge in [0, 0.05) is 19.0 Å². The van der Waals surface area contributed by atoms with E-state index in [1.54, 1.807) is 4.90 Å². The zero-order chi connectivity index (χ0) is 22.8. The minimum atomic E-state index is -0.513. The fourth-order valence-corrected chi connectivity index (χ4v) is 4.12. The minimum Gasteiger partial charge on any atom is -0.494 e. The topological polar surface area (TPSA) is 58.6 Å². The number of hydrogen-bond donors (Lipinski definition) is 1. The molecule has 2 aromatic carbocycles. The quantitative estimate of drug-likeness (QED) is 0.532. The summed E-state index contributed by atoms with van der Waals surface area (Å²) >= 11 is 0. The van der Waals surface area contributed by atoms with E-state index in [1.807, 2.05) is 68.4 Å². The van der Waals surface area contributed by atoms with Gasteiger partial charge < -0.3 is 15.0 Å². The van der Waals surface area contributed by atoms with Crippen molar-refractivity contribution in [2.75, 3.05) is 6.61 Å². The molecule has 1 atom stereocenters. The third-order valence-corrected chi connectivity index (χ3v) is 6.14. The van der Waals surface area contributed by atoms with Gasteiger partial charge in [0.25, 0.3) is 0 Å². The summed E-state index contributed by atoms with van der Waals surface area (Å²) in [6.07, 6.45) is 6.57. The normalized spacial score (nSPS) is 15.1. The Bertz CT molecular complexity index is 845. The molecule has 0 radical (unpaired) electrons. The molecule has 1 N–H and O–H groups in total. The van der Waals surface area contributed by atoms with Crippen LogP contribution in [0.1, 0.15) is 63.0 Å². The van der Waals surface area contributed by atoms with Gasteiger partial charge >= 0.3 is 0 Å². The zero-order valence-electron chi connectivity index (χ0n) is 19.4. The molecule has 5 heteroatoms. The molecule has 0 heterocycles.